The van der Waals surface area contributed by atoms with Gasteiger partial charge in [-0.2, -0.15) is 0 Å². The molecule has 0 aliphatic rings. The molecule has 0 heterocycles. The summed E-state index contributed by atoms with van der Waals surface area (Å²) in [5.41, 5.74) is -0.563. The third-order valence-corrected chi connectivity index (χ3v) is 2.09. The number of hydrogen-bond donors (Lipinski definition) is 0. The second kappa shape index (κ2) is 10.8. The Balaban J connectivity index is 0. The highest BCUT2D eigenvalue weighted by Crippen LogP contribution is 2.17. The first kappa shape index (κ1) is 19.0. The molecule has 1 aromatic rings. The molecule has 0 saturated heterocycles. The average molecular weight is 322 g/mol. The SMILES string of the molecule is CC.CC.O=C(CBr)c1cc([N+](=O)[O-])ccc1F. The minimum Gasteiger partial charge on any atom is -0.293 e. The van der Waals surface area contributed by atoms with E-state index in [9.17, 15) is 19.3 Å². The summed E-state index contributed by atoms with van der Waals surface area (Å²) in [5.74, 6) is -1.27. The molecule has 0 fully saturated rings. The molecule has 4 nitrogen and oxygen atoms in total. The number of non-ortho nitro benzene ring substituents is 1. The largest absolute Gasteiger partial charge is 0.293 e. The van der Waals surface area contributed by atoms with E-state index in [1.807, 2.05) is 27.7 Å². The van der Waals surface area contributed by atoms with Gasteiger partial charge in [-0.05, 0) is 6.07 Å². The molecule has 0 aliphatic heterocycles. The lowest BCUT2D eigenvalue weighted by Crippen LogP contribution is -2.04. The maximum atomic E-state index is 13.0. The van der Waals surface area contributed by atoms with E-state index in [0.717, 1.165) is 18.2 Å². The number of halogens is 2. The summed E-state index contributed by atoms with van der Waals surface area (Å²) in [7, 11) is 0. The molecule has 0 amide bonds. The zero-order chi connectivity index (χ0) is 14.7. The summed E-state index contributed by atoms with van der Waals surface area (Å²) in [6.45, 7) is 8.00. The van der Waals surface area contributed by atoms with Gasteiger partial charge in [0.05, 0.1) is 15.8 Å². The molecule has 1 rings (SSSR count). The van der Waals surface area contributed by atoms with Crippen molar-refractivity contribution in [2.45, 2.75) is 27.7 Å². The van der Waals surface area contributed by atoms with E-state index in [1.165, 1.54) is 0 Å². The molecule has 102 valence electrons. The van der Waals surface area contributed by atoms with Crippen LogP contribution in [0, 0.1) is 15.9 Å². The van der Waals surface area contributed by atoms with Crippen LogP contribution in [0.5, 0.6) is 0 Å². The van der Waals surface area contributed by atoms with Gasteiger partial charge in [-0.25, -0.2) is 4.39 Å². The second-order valence-electron chi connectivity index (χ2n) is 2.48. The van der Waals surface area contributed by atoms with Gasteiger partial charge in [-0.15, -0.1) is 0 Å². The van der Waals surface area contributed by atoms with E-state index < -0.39 is 16.5 Å². The molecule has 0 aliphatic carbocycles. The molecule has 1 aromatic carbocycles. The van der Waals surface area contributed by atoms with Gasteiger partial charge in [-0.3, -0.25) is 14.9 Å². The van der Waals surface area contributed by atoms with Crippen LogP contribution < -0.4 is 0 Å². The molecule has 0 bridgehead atoms. The van der Waals surface area contributed by atoms with Crippen LogP contribution in [0.3, 0.4) is 0 Å². The van der Waals surface area contributed by atoms with Gasteiger partial charge in [0, 0.05) is 12.1 Å². The monoisotopic (exact) mass is 321 g/mol. The molecular formula is C12H17BrFNO3. The fourth-order valence-corrected chi connectivity index (χ4v) is 1.21. The third-order valence-electron chi connectivity index (χ3n) is 1.58. The molecule has 0 radical (unpaired) electrons. The Bertz CT molecular complexity index is 397. The molecule has 0 unspecified atom stereocenters. The smallest absolute Gasteiger partial charge is 0.270 e. The number of nitro benzene ring substituents is 1. The highest BCUT2D eigenvalue weighted by atomic mass is 79.9. The van der Waals surface area contributed by atoms with Crippen molar-refractivity contribution < 1.29 is 14.1 Å². The number of nitro groups is 1. The zero-order valence-corrected chi connectivity index (χ0v) is 12.5. The average Bonchev–Trinajstić information content (AvgIpc) is 2.42. The number of ketones is 1. The van der Waals surface area contributed by atoms with Gasteiger partial charge in [0.15, 0.2) is 5.78 Å². The van der Waals surface area contributed by atoms with E-state index in [4.69, 9.17) is 0 Å². The van der Waals surface area contributed by atoms with Gasteiger partial charge >= 0.3 is 0 Å². The van der Waals surface area contributed by atoms with E-state index in [2.05, 4.69) is 15.9 Å². The highest BCUT2D eigenvalue weighted by Gasteiger charge is 2.15. The van der Waals surface area contributed by atoms with Crippen molar-refractivity contribution in [2.75, 3.05) is 5.33 Å². The van der Waals surface area contributed by atoms with Crippen molar-refractivity contribution in [3.63, 3.8) is 0 Å². The van der Waals surface area contributed by atoms with Crippen molar-refractivity contribution in [3.05, 3.63) is 39.7 Å². The maximum Gasteiger partial charge on any atom is 0.270 e. The second-order valence-corrected chi connectivity index (χ2v) is 3.04. The predicted octanol–water partition coefficient (Wildman–Crippen LogP) is 4.36. The van der Waals surface area contributed by atoms with Crippen molar-refractivity contribution in [1.29, 1.82) is 0 Å². The number of Topliss-reactive ketones (excluding diaryl/α,β-unsaturated/α-hetero) is 1. The van der Waals surface area contributed by atoms with Gasteiger partial charge < -0.3 is 0 Å². The van der Waals surface area contributed by atoms with Crippen LogP contribution in [0.25, 0.3) is 0 Å². The summed E-state index contributed by atoms with van der Waals surface area (Å²) in [6.07, 6.45) is 0. The molecule has 0 atom stereocenters. The zero-order valence-electron chi connectivity index (χ0n) is 10.9. The normalized spacial score (nSPS) is 8.33. The number of rotatable bonds is 3. The number of hydrogen-bond acceptors (Lipinski definition) is 3. The van der Waals surface area contributed by atoms with E-state index in [-0.39, 0.29) is 16.6 Å². The molecule has 0 saturated carbocycles. The number of benzene rings is 1. The molecule has 0 aromatic heterocycles. The fourth-order valence-electron chi connectivity index (χ4n) is 0.912. The van der Waals surface area contributed by atoms with Crippen LogP contribution in [-0.4, -0.2) is 16.0 Å². The van der Waals surface area contributed by atoms with Crippen LogP contribution in [0.1, 0.15) is 38.1 Å². The summed E-state index contributed by atoms with van der Waals surface area (Å²) < 4.78 is 13.0. The Kier molecular flexibility index (Phi) is 11.5. The molecule has 0 spiro atoms. The first-order chi connectivity index (χ1) is 8.56. The van der Waals surface area contributed by atoms with Crippen molar-refractivity contribution >= 4 is 27.4 Å². The van der Waals surface area contributed by atoms with Crippen LogP contribution >= 0.6 is 15.9 Å². The summed E-state index contributed by atoms with van der Waals surface area (Å²) in [6, 6.07) is 2.85. The van der Waals surface area contributed by atoms with Crippen LogP contribution in [0.2, 0.25) is 0 Å². The topological polar surface area (TPSA) is 60.2 Å². The lowest BCUT2D eigenvalue weighted by molar-refractivity contribution is -0.384. The molecule has 18 heavy (non-hydrogen) atoms. The number of alkyl halides is 1. The molecule has 6 heteroatoms. The van der Waals surface area contributed by atoms with Crippen molar-refractivity contribution in [1.82, 2.24) is 0 Å². The molecular weight excluding hydrogens is 305 g/mol. The minimum absolute atomic E-state index is 0.0644. The lowest BCUT2D eigenvalue weighted by Gasteiger charge is -1.98. The van der Waals surface area contributed by atoms with Gasteiger partial charge in [-0.1, -0.05) is 43.6 Å². The summed E-state index contributed by atoms with van der Waals surface area (Å²) in [4.78, 5) is 20.8. The first-order valence-corrected chi connectivity index (χ1v) is 6.71. The minimum atomic E-state index is -0.750. The maximum absolute atomic E-state index is 13.0. The lowest BCUT2D eigenvalue weighted by atomic mass is 10.1. The quantitative estimate of drug-likeness (QED) is 0.359. The third kappa shape index (κ3) is 5.86. The Morgan fingerprint density at radius 2 is 1.83 bits per heavy atom. The Morgan fingerprint density at radius 3 is 2.22 bits per heavy atom. The Labute approximate surface area is 114 Å². The van der Waals surface area contributed by atoms with Gasteiger partial charge in [0.2, 0.25) is 0 Å². The summed E-state index contributed by atoms with van der Waals surface area (Å²) >= 11 is 2.86. The Hall–Kier alpha value is -1.30. The van der Waals surface area contributed by atoms with Crippen LogP contribution in [0.4, 0.5) is 10.1 Å². The van der Waals surface area contributed by atoms with Gasteiger partial charge in [0.25, 0.3) is 5.69 Å². The van der Waals surface area contributed by atoms with Crippen molar-refractivity contribution in [2.24, 2.45) is 0 Å². The number of carbonyl (C=O) groups excluding carboxylic acids is 1. The standard InChI is InChI=1S/C8H5BrFNO3.2C2H6/c9-4-8(12)6-3-5(11(13)14)1-2-7(6)10;2*1-2/h1-3H,4H2;2*1-2H3. The Morgan fingerprint density at radius 1 is 1.33 bits per heavy atom. The fraction of sp³-hybridized carbons (Fsp3) is 0.417. The summed E-state index contributed by atoms with van der Waals surface area (Å²) in [5, 5.41) is 10.3. The highest BCUT2D eigenvalue weighted by molar-refractivity contribution is 9.09. The molecule has 0 N–H and O–H groups in total. The number of nitrogens with zero attached hydrogens (tertiary/aromatic N) is 1. The van der Waals surface area contributed by atoms with Gasteiger partial charge in [0.1, 0.15) is 5.82 Å². The first-order valence-electron chi connectivity index (χ1n) is 5.59. The van der Waals surface area contributed by atoms with E-state index in [1.54, 1.807) is 0 Å². The van der Waals surface area contributed by atoms with Crippen molar-refractivity contribution in [3.8, 4) is 0 Å². The van der Waals surface area contributed by atoms with E-state index in [0.29, 0.717) is 0 Å². The van der Waals surface area contributed by atoms with Crippen LogP contribution in [0.15, 0.2) is 18.2 Å². The number of carbonyl (C=O) groups is 1. The van der Waals surface area contributed by atoms with Crippen LogP contribution in [-0.2, 0) is 0 Å². The predicted molar refractivity (Wildman–Crippen MR) is 73.9 cm³/mol. The van der Waals surface area contributed by atoms with E-state index >= 15 is 0 Å².